The molecular weight excluding hydrogens is 367 g/mol. The number of nitrogens with one attached hydrogen (secondary N) is 2. The zero-order valence-electron chi connectivity index (χ0n) is 14.2. The SMILES string of the molecule is O=C(NCc1ccc([C@@H](O)c2ccccc2)s1)C(=O)Nc1ccc(F)cc1. The summed E-state index contributed by atoms with van der Waals surface area (Å²) in [5, 5.41) is 15.3. The first-order chi connectivity index (χ1) is 13.0. The molecule has 1 heterocycles. The lowest BCUT2D eigenvalue weighted by Crippen LogP contribution is -2.34. The van der Waals surface area contributed by atoms with Crippen molar-refractivity contribution in [3.05, 3.63) is 87.9 Å². The minimum absolute atomic E-state index is 0.168. The highest BCUT2D eigenvalue weighted by Gasteiger charge is 2.16. The summed E-state index contributed by atoms with van der Waals surface area (Å²) in [6.45, 7) is 0.168. The van der Waals surface area contributed by atoms with Crippen LogP contribution in [-0.4, -0.2) is 16.9 Å². The lowest BCUT2D eigenvalue weighted by atomic mass is 10.1. The lowest BCUT2D eigenvalue weighted by molar-refractivity contribution is -0.136. The molecule has 1 aromatic heterocycles. The van der Waals surface area contributed by atoms with Crippen LogP contribution in [0, 0.1) is 5.82 Å². The Hall–Kier alpha value is -3.03. The molecule has 0 aliphatic carbocycles. The number of amides is 2. The number of carbonyl (C=O) groups excluding carboxylic acids is 2. The molecule has 3 aromatic rings. The zero-order valence-corrected chi connectivity index (χ0v) is 15.0. The molecule has 7 heteroatoms. The fourth-order valence-electron chi connectivity index (χ4n) is 2.40. The number of rotatable bonds is 5. The summed E-state index contributed by atoms with van der Waals surface area (Å²) in [5.41, 5.74) is 1.12. The van der Waals surface area contributed by atoms with Gasteiger partial charge in [-0.15, -0.1) is 11.3 Å². The van der Waals surface area contributed by atoms with Crippen molar-refractivity contribution in [3.8, 4) is 0 Å². The number of halogens is 1. The van der Waals surface area contributed by atoms with Crippen LogP contribution in [0.5, 0.6) is 0 Å². The number of hydrogen-bond donors (Lipinski definition) is 3. The Bertz CT molecular complexity index is 926. The third kappa shape index (κ3) is 4.99. The topological polar surface area (TPSA) is 78.4 Å². The van der Waals surface area contributed by atoms with E-state index in [0.717, 1.165) is 15.3 Å². The number of anilines is 1. The van der Waals surface area contributed by atoms with Crippen LogP contribution in [0.15, 0.2) is 66.7 Å². The van der Waals surface area contributed by atoms with Gasteiger partial charge in [-0.3, -0.25) is 9.59 Å². The van der Waals surface area contributed by atoms with Gasteiger partial charge in [0.2, 0.25) is 0 Å². The van der Waals surface area contributed by atoms with E-state index < -0.39 is 23.7 Å². The third-order valence-corrected chi connectivity index (χ3v) is 4.94. The van der Waals surface area contributed by atoms with E-state index in [2.05, 4.69) is 10.6 Å². The predicted molar refractivity (Wildman–Crippen MR) is 102 cm³/mol. The molecule has 0 saturated carbocycles. The quantitative estimate of drug-likeness (QED) is 0.591. The van der Waals surface area contributed by atoms with Gasteiger partial charge in [0.1, 0.15) is 11.9 Å². The van der Waals surface area contributed by atoms with Crippen molar-refractivity contribution in [2.45, 2.75) is 12.6 Å². The van der Waals surface area contributed by atoms with Crippen molar-refractivity contribution in [1.29, 1.82) is 0 Å². The summed E-state index contributed by atoms with van der Waals surface area (Å²) in [4.78, 5) is 25.3. The molecule has 5 nitrogen and oxygen atoms in total. The standard InChI is InChI=1S/C20H17FN2O3S/c21-14-6-8-15(9-7-14)23-20(26)19(25)22-12-16-10-11-17(27-16)18(24)13-4-2-1-3-5-13/h1-11,18,24H,12H2,(H,22,25)(H,23,26)/t18-/m0/s1. The highest BCUT2D eigenvalue weighted by atomic mass is 32.1. The maximum Gasteiger partial charge on any atom is 0.313 e. The van der Waals surface area contributed by atoms with Gasteiger partial charge in [-0.2, -0.15) is 0 Å². The van der Waals surface area contributed by atoms with E-state index in [9.17, 15) is 19.1 Å². The molecule has 3 N–H and O–H groups in total. The van der Waals surface area contributed by atoms with Crippen LogP contribution in [0.25, 0.3) is 0 Å². The van der Waals surface area contributed by atoms with Gasteiger partial charge in [-0.25, -0.2) is 4.39 Å². The first kappa shape index (κ1) is 18.8. The largest absolute Gasteiger partial charge is 0.383 e. The zero-order chi connectivity index (χ0) is 19.2. The molecule has 0 radical (unpaired) electrons. The van der Waals surface area contributed by atoms with E-state index >= 15 is 0 Å². The highest BCUT2D eigenvalue weighted by Crippen LogP contribution is 2.28. The molecule has 0 unspecified atom stereocenters. The van der Waals surface area contributed by atoms with Crippen molar-refractivity contribution in [2.24, 2.45) is 0 Å². The molecule has 1 atom stereocenters. The molecule has 27 heavy (non-hydrogen) atoms. The monoisotopic (exact) mass is 384 g/mol. The van der Waals surface area contributed by atoms with E-state index in [1.54, 1.807) is 12.1 Å². The van der Waals surface area contributed by atoms with E-state index in [0.29, 0.717) is 5.69 Å². The molecule has 138 valence electrons. The summed E-state index contributed by atoms with van der Waals surface area (Å²) in [5.74, 6) is -2.05. The van der Waals surface area contributed by atoms with Crippen LogP contribution in [-0.2, 0) is 16.1 Å². The minimum Gasteiger partial charge on any atom is -0.383 e. The van der Waals surface area contributed by atoms with Gasteiger partial charge in [0.25, 0.3) is 0 Å². The van der Waals surface area contributed by atoms with Crippen LogP contribution in [0.3, 0.4) is 0 Å². The maximum absolute atomic E-state index is 12.8. The fourth-order valence-corrected chi connectivity index (χ4v) is 3.37. The van der Waals surface area contributed by atoms with E-state index in [1.165, 1.54) is 35.6 Å². The second-order valence-electron chi connectivity index (χ2n) is 5.76. The van der Waals surface area contributed by atoms with Gasteiger partial charge in [0.15, 0.2) is 0 Å². The number of carbonyl (C=O) groups is 2. The van der Waals surface area contributed by atoms with Crippen molar-refractivity contribution in [1.82, 2.24) is 5.32 Å². The minimum atomic E-state index is -0.831. The summed E-state index contributed by atoms with van der Waals surface area (Å²) in [7, 11) is 0. The Morgan fingerprint density at radius 1 is 0.963 bits per heavy atom. The normalized spacial score (nSPS) is 11.6. The molecule has 0 aliphatic heterocycles. The number of aliphatic hydroxyl groups excluding tert-OH is 1. The fraction of sp³-hybridized carbons (Fsp3) is 0.100. The number of benzene rings is 2. The molecule has 3 rings (SSSR count). The van der Waals surface area contributed by atoms with Crippen molar-refractivity contribution in [2.75, 3.05) is 5.32 Å². The van der Waals surface area contributed by atoms with Crippen LogP contribution < -0.4 is 10.6 Å². The molecule has 0 bridgehead atoms. The van der Waals surface area contributed by atoms with Gasteiger partial charge < -0.3 is 15.7 Å². The first-order valence-corrected chi connectivity index (χ1v) is 9.01. The lowest BCUT2D eigenvalue weighted by Gasteiger charge is -2.08. The highest BCUT2D eigenvalue weighted by molar-refractivity contribution is 7.12. The Morgan fingerprint density at radius 2 is 1.67 bits per heavy atom. The summed E-state index contributed by atoms with van der Waals surface area (Å²) in [6, 6.07) is 18.0. The van der Waals surface area contributed by atoms with Crippen molar-refractivity contribution < 1.29 is 19.1 Å². The molecule has 0 saturated heterocycles. The third-order valence-electron chi connectivity index (χ3n) is 3.80. The summed E-state index contributed by atoms with van der Waals surface area (Å²) < 4.78 is 12.8. The van der Waals surface area contributed by atoms with Crippen LogP contribution in [0.2, 0.25) is 0 Å². The average Bonchev–Trinajstić information content (AvgIpc) is 3.17. The molecule has 0 fully saturated rings. The molecular formula is C20H17FN2O3S. The second-order valence-corrected chi connectivity index (χ2v) is 6.96. The van der Waals surface area contributed by atoms with Crippen molar-refractivity contribution >= 4 is 28.8 Å². The number of hydrogen-bond acceptors (Lipinski definition) is 4. The van der Waals surface area contributed by atoms with Gasteiger partial charge in [-0.1, -0.05) is 30.3 Å². The first-order valence-electron chi connectivity index (χ1n) is 8.19. The number of aliphatic hydroxyl groups is 1. The maximum atomic E-state index is 12.8. The Labute approximate surface area is 159 Å². The van der Waals surface area contributed by atoms with Crippen LogP contribution in [0.4, 0.5) is 10.1 Å². The van der Waals surface area contributed by atoms with Crippen LogP contribution in [0.1, 0.15) is 21.4 Å². The average molecular weight is 384 g/mol. The predicted octanol–water partition coefficient (Wildman–Crippen LogP) is 3.22. The molecule has 0 aliphatic rings. The Morgan fingerprint density at radius 3 is 2.37 bits per heavy atom. The van der Waals surface area contributed by atoms with Gasteiger partial charge in [0, 0.05) is 15.4 Å². The van der Waals surface area contributed by atoms with Gasteiger partial charge in [0.05, 0.1) is 6.54 Å². The second kappa shape index (κ2) is 8.57. The van der Waals surface area contributed by atoms with E-state index in [4.69, 9.17) is 0 Å². The Balaban J connectivity index is 1.54. The van der Waals surface area contributed by atoms with Gasteiger partial charge in [-0.05, 0) is 42.0 Å². The summed E-state index contributed by atoms with van der Waals surface area (Å²) >= 11 is 1.36. The summed E-state index contributed by atoms with van der Waals surface area (Å²) in [6.07, 6.45) is -0.734. The van der Waals surface area contributed by atoms with Crippen LogP contribution >= 0.6 is 11.3 Å². The molecule has 2 aromatic carbocycles. The smallest absolute Gasteiger partial charge is 0.313 e. The molecule has 0 spiro atoms. The van der Waals surface area contributed by atoms with Gasteiger partial charge >= 0.3 is 11.8 Å². The van der Waals surface area contributed by atoms with Crippen molar-refractivity contribution in [3.63, 3.8) is 0 Å². The number of thiophene rings is 1. The molecule has 2 amide bonds. The van der Waals surface area contributed by atoms with E-state index in [1.807, 2.05) is 30.3 Å². The van der Waals surface area contributed by atoms with E-state index in [-0.39, 0.29) is 6.54 Å². The Kier molecular flexibility index (Phi) is 5.95.